The van der Waals surface area contributed by atoms with Gasteiger partial charge in [-0.05, 0) is 58.5 Å². The van der Waals surface area contributed by atoms with Crippen molar-refractivity contribution in [3.63, 3.8) is 0 Å². The quantitative estimate of drug-likeness (QED) is 0.596. The van der Waals surface area contributed by atoms with Gasteiger partial charge in [0.1, 0.15) is 11.5 Å². The summed E-state index contributed by atoms with van der Waals surface area (Å²) in [5.41, 5.74) is 1.07. The van der Waals surface area contributed by atoms with Crippen molar-refractivity contribution in [2.75, 3.05) is 27.3 Å². The Bertz CT molecular complexity index is 809. The SMILES string of the molecule is CCOC1=C[C@@H](/C=C/c2ccccc2)[C@@]2(N(C)C)C=C(OCC)[C@]13CCCC[C@H]32. The summed E-state index contributed by atoms with van der Waals surface area (Å²) in [7, 11) is 4.46. The Labute approximate surface area is 176 Å². The molecule has 3 nitrogen and oxygen atoms in total. The maximum Gasteiger partial charge on any atom is 0.108 e. The van der Waals surface area contributed by atoms with E-state index >= 15 is 0 Å². The smallest absolute Gasteiger partial charge is 0.108 e. The molecular weight excluding hydrogens is 358 g/mol. The van der Waals surface area contributed by atoms with Gasteiger partial charge < -0.3 is 9.47 Å². The summed E-state index contributed by atoms with van der Waals surface area (Å²) in [5, 5.41) is 0. The van der Waals surface area contributed by atoms with Crippen LogP contribution < -0.4 is 0 Å². The number of hydrogen-bond acceptors (Lipinski definition) is 3. The van der Waals surface area contributed by atoms with E-state index in [1.54, 1.807) is 0 Å². The number of likely N-dealkylation sites (N-methyl/N-ethyl adjacent to an activating group) is 1. The van der Waals surface area contributed by atoms with E-state index < -0.39 is 0 Å². The van der Waals surface area contributed by atoms with Crippen molar-refractivity contribution in [1.29, 1.82) is 0 Å². The van der Waals surface area contributed by atoms with Gasteiger partial charge in [0.25, 0.3) is 0 Å². The topological polar surface area (TPSA) is 21.7 Å². The van der Waals surface area contributed by atoms with Crippen molar-refractivity contribution in [3.05, 3.63) is 65.6 Å². The molecule has 1 saturated carbocycles. The second-order valence-electron chi connectivity index (χ2n) is 8.75. The number of nitrogens with zero attached hydrogens (tertiary/aromatic N) is 1. The van der Waals surface area contributed by atoms with Crippen molar-refractivity contribution in [3.8, 4) is 0 Å². The third-order valence-electron chi connectivity index (χ3n) is 7.24. The summed E-state index contributed by atoms with van der Waals surface area (Å²) in [6.07, 6.45) is 14.3. The highest BCUT2D eigenvalue weighted by Crippen LogP contribution is 2.66. The average Bonchev–Trinajstić information content (AvgIpc) is 2.98. The van der Waals surface area contributed by atoms with Crippen LogP contribution in [0.5, 0.6) is 0 Å². The van der Waals surface area contributed by atoms with E-state index in [2.05, 4.69) is 87.5 Å². The lowest BCUT2D eigenvalue weighted by atomic mass is 9.55. The fourth-order valence-corrected chi connectivity index (χ4v) is 6.11. The van der Waals surface area contributed by atoms with Crippen LogP contribution in [0.3, 0.4) is 0 Å². The van der Waals surface area contributed by atoms with E-state index in [-0.39, 0.29) is 16.9 Å². The average molecular weight is 394 g/mol. The standard InChI is InChI=1S/C26H35NO2/c1-5-28-23-18-21(16-15-20-12-8-7-9-13-20)26(27(3)4)19-24(29-6-2)25(23)17-11-10-14-22(25)26/h7-9,12-13,15-16,18-19,21-22H,5-6,10-11,14,17H2,1-4H3/b16-15+/t21-,22-,25+,26+/m1/s1. The van der Waals surface area contributed by atoms with E-state index in [0.29, 0.717) is 19.1 Å². The normalized spacial score (nSPS) is 33.4. The van der Waals surface area contributed by atoms with Gasteiger partial charge in [0, 0.05) is 11.8 Å². The largest absolute Gasteiger partial charge is 0.497 e. The molecule has 4 atom stereocenters. The Morgan fingerprint density at radius 3 is 2.45 bits per heavy atom. The highest BCUT2D eigenvalue weighted by Gasteiger charge is 2.66. The first kappa shape index (κ1) is 20.3. The predicted octanol–water partition coefficient (Wildman–Crippen LogP) is 5.66. The zero-order valence-electron chi connectivity index (χ0n) is 18.4. The Morgan fingerprint density at radius 2 is 1.76 bits per heavy atom. The summed E-state index contributed by atoms with van der Waals surface area (Å²) < 4.78 is 12.7. The summed E-state index contributed by atoms with van der Waals surface area (Å²) in [6.45, 7) is 5.59. The monoisotopic (exact) mass is 393 g/mol. The number of benzene rings is 1. The lowest BCUT2D eigenvalue weighted by molar-refractivity contribution is -0.0322. The van der Waals surface area contributed by atoms with E-state index in [4.69, 9.17) is 9.47 Å². The maximum absolute atomic E-state index is 6.34. The predicted molar refractivity (Wildman–Crippen MR) is 119 cm³/mol. The molecule has 0 unspecified atom stereocenters. The Hall–Kier alpha value is -2.00. The molecule has 2 bridgehead atoms. The van der Waals surface area contributed by atoms with Crippen LogP contribution in [0.15, 0.2) is 60.1 Å². The minimum absolute atomic E-state index is 0.0726. The molecular formula is C26H35NO2. The maximum atomic E-state index is 6.34. The molecule has 3 aliphatic carbocycles. The number of ether oxygens (including phenoxy) is 2. The Balaban J connectivity index is 1.86. The Kier molecular flexibility index (Phi) is 5.61. The van der Waals surface area contributed by atoms with E-state index in [1.165, 1.54) is 24.8 Å². The molecule has 0 amide bonds. The molecule has 29 heavy (non-hydrogen) atoms. The van der Waals surface area contributed by atoms with Crippen molar-refractivity contribution >= 4 is 6.08 Å². The van der Waals surface area contributed by atoms with Gasteiger partial charge >= 0.3 is 0 Å². The second-order valence-corrected chi connectivity index (χ2v) is 8.75. The minimum Gasteiger partial charge on any atom is -0.497 e. The highest BCUT2D eigenvalue weighted by molar-refractivity contribution is 5.53. The molecule has 0 spiro atoms. The van der Waals surface area contributed by atoms with Crippen LogP contribution in [0.1, 0.15) is 45.1 Å². The van der Waals surface area contributed by atoms with Gasteiger partial charge in [0.2, 0.25) is 0 Å². The molecule has 1 fully saturated rings. The first-order valence-electron chi connectivity index (χ1n) is 11.2. The van der Waals surface area contributed by atoms with Crippen LogP contribution in [0.4, 0.5) is 0 Å². The first-order chi connectivity index (χ1) is 14.1. The summed E-state index contributed by atoms with van der Waals surface area (Å²) in [6, 6.07) is 10.6. The lowest BCUT2D eigenvalue weighted by Gasteiger charge is -2.55. The molecule has 0 saturated heterocycles. The van der Waals surface area contributed by atoms with E-state index in [0.717, 1.165) is 17.9 Å². The Morgan fingerprint density at radius 1 is 1.03 bits per heavy atom. The molecule has 3 heteroatoms. The summed E-state index contributed by atoms with van der Waals surface area (Å²) in [4.78, 5) is 2.43. The zero-order valence-corrected chi connectivity index (χ0v) is 18.4. The van der Waals surface area contributed by atoms with Gasteiger partial charge in [-0.2, -0.15) is 0 Å². The van der Waals surface area contributed by atoms with Crippen LogP contribution in [0, 0.1) is 17.3 Å². The zero-order chi connectivity index (χ0) is 20.5. The third-order valence-corrected chi connectivity index (χ3v) is 7.24. The number of hydrogen-bond donors (Lipinski definition) is 0. The van der Waals surface area contributed by atoms with Crippen LogP contribution >= 0.6 is 0 Å². The second kappa shape index (κ2) is 8.02. The molecule has 156 valence electrons. The van der Waals surface area contributed by atoms with Gasteiger partial charge in [-0.1, -0.05) is 55.3 Å². The van der Waals surface area contributed by atoms with Crippen LogP contribution in [0.25, 0.3) is 6.08 Å². The van der Waals surface area contributed by atoms with Crippen molar-refractivity contribution < 1.29 is 9.47 Å². The highest BCUT2D eigenvalue weighted by atomic mass is 16.5. The summed E-state index contributed by atoms with van der Waals surface area (Å²) >= 11 is 0. The van der Waals surface area contributed by atoms with Crippen molar-refractivity contribution in [2.45, 2.75) is 45.1 Å². The molecule has 0 aromatic heterocycles. The van der Waals surface area contributed by atoms with Crippen LogP contribution in [-0.2, 0) is 9.47 Å². The van der Waals surface area contributed by atoms with E-state index in [1.807, 2.05) is 0 Å². The van der Waals surface area contributed by atoms with Gasteiger partial charge in [-0.15, -0.1) is 0 Å². The molecule has 1 aromatic carbocycles. The van der Waals surface area contributed by atoms with E-state index in [9.17, 15) is 0 Å². The fourth-order valence-electron chi connectivity index (χ4n) is 6.11. The molecule has 0 radical (unpaired) electrons. The fraction of sp³-hybridized carbons (Fsp3) is 0.538. The summed E-state index contributed by atoms with van der Waals surface area (Å²) in [5.74, 6) is 3.02. The molecule has 0 heterocycles. The van der Waals surface area contributed by atoms with Crippen LogP contribution in [0.2, 0.25) is 0 Å². The third kappa shape index (κ3) is 3.06. The van der Waals surface area contributed by atoms with Gasteiger partial charge in [0.15, 0.2) is 0 Å². The van der Waals surface area contributed by atoms with Crippen molar-refractivity contribution in [2.24, 2.45) is 17.3 Å². The molecule has 0 aliphatic heterocycles. The van der Waals surface area contributed by atoms with Gasteiger partial charge in [-0.3, -0.25) is 4.90 Å². The molecule has 1 aromatic rings. The molecule has 3 aliphatic rings. The first-order valence-corrected chi connectivity index (χ1v) is 11.2. The van der Waals surface area contributed by atoms with Crippen molar-refractivity contribution in [1.82, 2.24) is 4.90 Å². The van der Waals surface area contributed by atoms with Gasteiger partial charge in [-0.25, -0.2) is 0 Å². The lowest BCUT2D eigenvalue weighted by Crippen LogP contribution is -2.59. The van der Waals surface area contributed by atoms with Crippen LogP contribution in [-0.4, -0.2) is 37.7 Å². The minimum atomic E-state index is -0.0916. The molecule has 4 rings (SSSR count). The number of rotatable bonds is 7. The van der Waals surface area contributed by atoms with Gasteiger partial charge in [0.05, 0.1) is 24.2 Å². The molecule has 0 N–H and O–H groups in total.